The van der Waals surface area contributed by atoms with Crippen LogP contribution in [0.5, 0.6) is 0 Å². The first-order valence-electron chi connectivity index (χ1n) is 6.26. The molecule has 1 aromatic rings. The standard InChI is InChI=1S/C14H23NOS/c1-4-15-13(3)9-10-17(16)11-14-8-6-5-7-12(14)2/h5-8,13,15H,4,9-11H2,1-3H3. The van der Waals surface area contributed by atoms with E-state index >= 15 is 0 Å². The second kappa shape index (κ2) is 7.62. The fraction of sp³-hybridized carbons (Fsp3) is 0.571. The highest BCUT2D eigenvalue weighted by Gasteiger charge is 2.06. The normalized spacial score (nSPS) is 14.5. The van der Waals surface area contributed by atoms with E-state index in [9.17, 15) is 4.21 Å². The van der Waals surface area contributed by atoms with Crippen molar-refractivity contribution in [1.82, 2.24) is 5.32 Å². The number of benzene rings is 1. The maximum absolute atomic E-state index is 12.0. The molecule has 0 aliphatic carbocycles. The van der Waals surface area contributed by atoms with E-state index in [1.54, 1.807) is 0 Å². The molecule has 0 aliphatic heterocycles. The van der Waals surface area contributed by atoms with Crippen molar-refractivity contribution in [2.75, 3.05) is 12.3 Å². The first-order valence-corrected chi connectivity index (χ1v) is 7.75. The minimum atomic E-state index is -0.745. The Morgan fingerprint density at radius 1 is 1.35 bits per heavy atom. The summed E-state index contributed by atoms with van der Waals surface area (Å²) in [4.78, 5) is 0. The molecule has 2 nitrogen and oxygen atoms in total. The van der Waals surface area contributed by atoms with Gasteiger partial charge in [0, 0.05) is 28.3 Å². The van der Waals surface area contributed by atoms with Gasteiger partial charge in [0.15, 0.2) is 0 Å². The van der Waals surface area contributed by atoms with Gasteiger partial charge >= 0.3 is 0 Å². The van der Waals surface area contributed by atoms with Gasteiger partial charge in [-0.2, -0.15) is 0 Å². The van der Waals surface area contributed by atoms with Crippen LogP contribution in [0, 0.1) is 6.92 Å². The average molecular weight is 253 g/mol. The molecular formula is C14H23NOS. The fourth-order valence-electron chi connectivity index (χ4n) is 1.78. The van der Waals surface area contributed by atoms with E-state index in [0.29, 0.717) is 11.8 Å². The molecule has 0 spiro atoms. The monoisotopic (exact) mass is 253 g/mol. The molecule has 1 rings (SSSR count). The minimum Gasteiger partial charge on any atom is -0.315 e. The van der Waals surface area contributed by atoms with Crippen molar-refractivity contribution < 1.29 is 4.21 Å². The van der Waals surface area contributed by atoms with E-state index in [2.05, 4.69) is 38.2 Å². The van der Waals surface area contributed by atoms with Crippen LogP contribution in [-0.4, -0.2) is 22.5 Å². The van der Waals surface area contributed by atoms with E-state index in [4.69, 9.17) is 0 Å². The van der Waals surface area contributed by atoms with Gasteiger partial charge in [0.05, 0.1) is 0 Å². The Morgan fingerprint density at radius 2 is 2.06 bits per heavy atom. The molecule has 0 saturated heterocycles. The molecule has 1 aromatic carbocycles. The molecule has 17 heavy (non-hydrogen) atoms. The third-order valence-electron chi connectivity index (χ3n) is 2.91. The summed E-state index contributed by atoms with van der Waals surface area (Å²) >= 11 is 0. The van der Waals surface area contributed by atoms with Gasteiger partial charge < -0.3 is 5.32 Å². The summed E-state index contributed by atoms with van der Waals surface area (Å²) in [5.41, 5.74) is 2.45. The molecule has 2 unspecified atom stereocenters. The van der Waals surface area contributed by atoms with Crippen LogP contribution in [0.25, 0.3) is 0 Å². The maximum Gasteiger partial charge on any atom is 0.0488 e. The van der Waals surface area contributed by atoms with Crippen LogP contribution in [0.4, 0.5) is 0 Å². The molecule has 0 aromatic heterocycles. The second-order valence-electron chi connectivity index (χ2n) is 4.46. The topological polar surface area (TPSA) is 29.1 Å². The zero-order valence-electron chi connectivity index (χ0n) is 11.0. The van der Waals surface area contributed by atoms with Crippen molar-refractivity contribution in [3.05, 3.63) is 35.4 Å². The molecule has 1 N–H and O–H groups in total. The zero-order chi connectivity index (χ0) is 12.7. The molecule has 0 aliphatic rings. The van der Waals surface area contributed by atoms with Crippen LogP contribution in [-0.2, 0) is 16.6 Å². The molecule has 0 fully saturated rings. The highest BCUT2D eigenvalue weighted by atomic mass is 32.2. The number of nitrogens with one attached hydrogen (secondary N) is 1. The summed E-state index contributed by atoms with van der Waals surface area (Å²) in [6, 6.07) is 8.64. The van der Waals surface area contributed by atoms with Gasteiger partial charge in [-0.1, -0.05) is 31.2 Å². The molecule has 0 radical (unpaired) electrons. The summed E-state index contributed by atoms with van der Waals surface area (Å²) in [5, 5.41) is 3.34. The largest absolute Gasteiger partial charge is 0.315 e. The molecular weight excluding hydrogens is 230 g/mol. The first-order chi connectivity index (χ1) is 8.13. The average Bonchev–Trinajstić information content (AvgIpc) is 2.30. The van der Waals surface area contributed by atoms with Crippen molar-refractivity contribution in [3.8, 4) is 0 Å². The summed E-state index contributed by atoms with van der Waals surface area (Å²) < 4.78 is 12.0. The number of hydrogen-bond donors (Lipinski definition) is 1. The summed E-state index contributed by atoms with van der Waals surface area (Å²) in [6.45, 7) is 7.30. The Labute approximate surface area is 107 Å². The quantitative estimate of drug-likeness (QED) is 0.809. The Morgan fingerprint density at radius 3 is 2.71 bits per heavy atom. The lowest BCUT2D eigenvalue weighted by molar-refractivity contribution is 0.553. The van der Waals surface area contributed by atoms with E-state index in [1.807, 2.05) is 12.1 Å². The van der Waals surface area contributed by atoms with E-state index in [0.717, 1.165) is 18.7 Å². The highest BCUT2D eigenvalue weighted by molar-refractivity contribution is 7.84. The number of aryl methyl sites for hydroxylation is 1. The lowest BCUT2D eigenvalue weighted by Crippen LogP contribution is -2.27. The van der Waals surface area contributed by atoms with Gasteiger partial charge in [0.1, 0.15) is 0 Å². The smallest absolute Gasteiger partial charge is 0.0488 e. The van der Waals surface area contributed by atoms with Crippen LogP contribution in [0.2, 0.25) is 0 Å². The summed E-state index contributed by atoms with van der Waals surface area (Å²) in [6.07, 6.45) is 0.979. The van der Waals surface area contributed by atoms with Crippen LogP contribution in [0.15, 0.2) is 24.3 Å². The number of rotatable bonds is 7. The summed E-state index contributed by atoms with van der Waals surface area (Å²) in [7, 11) is -0.745. The Bertz CT molecular complexity index is 365. The van der Waals surface area contributed by atoms with Crippen molar-refractivity contribution in [1.29, 1.82) is 0 Å². The molecule has 2 atom stereocenters. The van der Waals surface area contributed by atoms with Crippen LogP contribution in [0.1, 0.15) is 31.4 Å². The lowest BCUT2D eigenvalue weighted by atomic mass is 10.1. The molecule has 0 saturated carbocycles. The highest BCUT2D eigenvalue weighted by Crippen LogP contribution is 2.10. The van der Waals surface area contributed by atoms with Crippen molar-refractivity contribution in [3.63, 3.8) is 0 Å². The third-order valence-corrected chi connectivity index (χ3v) is 4.23. The van der Waals surface area contributed by atoms with Crippen LogP contribution in [0.3, 0.4) is 0 Å². The Balaban J connectivity index is 2.37. The predicted molar refractivity (Wildman–Crippen MR) is 75.6 cm³/mol. The van der Waals surface area contributed by atoms with E-state index < -0.39 is 10.8 Å². The maximum atomic E-state index is 12.0. The number of hydrogen-bond acceptors (Lipinski definition) is 2. The first kappa shape index (κ1) is 14.4. The van der Waals surface area contributed by atoms with Gasteiger partial charge in [-0.05, 0) is 37.9 Å². The van der Waals surface area contributed by atoms with Crippen molar-refractivity contribution >= 4 is 10.8 Å². The Kier molecular flexibility index (Phi) is 6.45. The SMILES string of the molecule is CCNC(C)CCS(=O)Cc1ccccc1C. The van der Waals surface area contributed by atoms with Crippen molar-refractivity contribution in [2.45, 2.75) is 39.0 Å². The van der Waals surface area contributed by atoms with Gasteiger partial charge in [0.25, 0.3) is 0 Å². The Hall–Kier alpha value is -0.670. The predicted octanol–water partition coefficient (Wildman–Crippen LogP) is 2.63. The molecule has 3 heteroatoms. The van der Waals surface area contributed by atoms with Crippen molar-refractivity contribution in [2.24, 2.45) is 0 Å². The minimum absolute atomic E-state index is 0.459. The fourth-order valence-corrected chi connectivity index (χ4v) is 3.21. The molecule has 96 valence electrons. The zero-order valence-corrected chi connectivity index (χ0v) is 11.8. The third kappa shape index (κ3) is 5.46. The van der Waals surface area contributed by atoms with Crippen LogP contribution < -0.4 is 5.32 Å². The molecule has 0 bridgehead atoms. The van der Waals surface area contributed by atoms with Gasteiger partial charge in [-0.15, -0.1) is 0 Å². The van der Waals surface area contributed by atoms with Gasteiger partial charge in [0.2, 0.25) is 0 Å². The molecule has 0 amide bonds. The lowest BCUT2D eigenvalue weighted by Gasteiger charge is -2.12. The molecule has 0 heterocycles. The second-order valence-corrected chi connectivity index (χ2v) is 6.04. The van der Waals surface area contributed by atoms with Gasteiger partial charge in [-0.25, -0.2) is 0 Å². The van der Waals surface area contributed by atoms with E-state index in [-0.39, 0.29) is 0 Å². The summed E-state index contributed by atoms with van der Waals surface area (Å²) in [5.74, 6) is 1.47. The van der Waals surface area contributed by atoms with Gasteiger partial charge in [-0.3, -0.25) is 4.21 Å². The van der Waals surface area contributed by atoms with Crippen LogP contribution >= 0.6 is 0 Å². The van der Waals surface area contributed by atoms with E-state index in [1.165, 1.54) is 11.1 Å².